The van der Waals surface area contributed by atoms with Gasteiger partial charge in [0.25, 0.3) is 5.69 Å². The summed E-state index contributed by atoms with van der Waals surface area (Å²) < 4.78 is 0. The van der Waals surface area contributed by atoms with Gasteiger partial charge >= 0.3 is 0 Å². The minimum absolute atomic E-state index is 0.0701. The van der Waals surface area contributed by atoms with Crippen LogP contribution in [0.25, 0.3) is 0 Å². The molecule has 1 aromatic rings. The molecule has 0 atom stereocenters. The van der Waals surface area contributed by atoms with Gasteiger partial charge in [0.1, 0.15) is 11.0 Å². The van der Waals surface area contributed by atoms with Crippen molar-refractivity contribution >= 4 is 29.0 Å². The van der Waals surface area contributed by atoms with Crippen LogP contribution in [0.4, 0.5) is 11.5 Å². The molecule has 0 radical (unpaired) electrons. The van der Waals surface area contributed by atoms with Crippen molar-refractivity contribution in [3.8, 4) is 0 Å². The zero-order valence-corrected chi connectivity index (χ0v) is 11.5. The Labute approximate surface area is 120 Å². The van der Waals surface area contributed by atoms with Gasteiger partial charge in [-0.05, 0) is 18.8 Å². The van der Waals surface area contributed by atoms with E-state index in [9.17, 15) is 14.9 Å². The lowest BCUT2D eigenvalue weighted by atomic mass is 9.93. The second-order valence-electron chi connectivity index (χ2n) is 4.86. The fraction of sp³-hybridized carbons (Fsp3) is 0.500. The second kappa shape index (κ2) is 6.04. The van der Waals surface area contributed by atoms with Gasteiger partial charge in [-0.1, -0.05) is 11.6 Å². The Morgan fingerprint density at radius 3 is 2.70 bits per heavy atom. The number of rotatable bonds is 4. The number of nitro groups is 1. The molecule has 0 spiro atoms. The highest BCUT2D eigenvalue weighted by Crippen LogP contribution is 2.27. The Bertz CT molecular complexity index is 529. The number of halogens is 1. The highest BCUT2D eigenvalue weighted by molar-refractivity contribution is 6.29. The van der Waals surface area contributed by atoms with Gasteiger partial charge in [-0.2, -0.15) is 0 Å². The van der Waals surface area contributed by atoms with E-state index in [0.29, 0.717) is 25.3 Å². The number of hydrogen-bond acceptors (Lipinski definition) is 5. The fourth-order valence-electron chi connectivity index (χ4n) is 2.39. The summed E-state index contributed by atoms with van der Waals surface area (Å²) in [5, 5.41) is 10.9. The molecule has 1 amide bonds. The average molecular weight is 299 g/mol. The zero-order valence-electron chi connectivity index (χ0n) is 10.8. The van der Waals surface area contributed by atoms with Crippen LogP contribution in [0.1, 0.15) is 19.3 Å². The Kier molecular flexibility index (Phi) is 4.39. The van der Waals surface area contributed by atoms with Gasteiger partial charge in [-0.3, -0.25) is 14.9 Å². The van der Waals surface area contributed by atoms with E-state index in [2.05, 4.69) is 4.98 Å². The first kappa shape index (κ1) is 14.5. The molecule has 1 fully saturated rings. The van der Waals surface area contributed by atoms with Gasteiger partial charge in [0.05, 0.1) is 17.1 Å². The van der Waals surface area contributed by atoms with Crippen LogP contribution in [-0.2, 0) is 4.79 Å². The lowest BCUT2D eigenvalue weighted by Crippen LogP contribution is -2.35. The topological polar surface area (TPSA) is 102 Å². The Hall–Kier alpha value is -1.89. The van der Waals surface area contributed by atoms with E-state index in [0.717, 1.165) is 12.8 Å². The first-order valence-electron chi connectivity index (χ1n) is 6.31. The lowest BCUT2D eigenvalue weighted by Gasteiger charge is -2.32. The summed E-state index contributed by atoms with van der Waals surface area (Å²) in [6, 6.07) is 2.64. The van der Waals surface area contributed by atoms with Crippen LogP contribution in [-0.4, -0.2) is 28.9 Å². The number of carbonyl (C=O) groups excluding carboxylic acids is 1. The molecule has 108 valence electrons. The second-order valence-corrected chi connectivity index (χ2v) is 5.25. The van der Waals surface area contributed by atoms with E-state index in [1.807, 2.05) is 4.90 Å². The van der Waals surface area contributed by atoms with Crippen molar-refractivity contribution in [3.05, 3.63) is 27.4 Å². The number of pyridine rings is 1. The third kappa shape index (κ3) is 3.57. The fourth-order valence-corrected chi connectivity index (χ4v) is 2.59. The highest BCUT2D eigenvalue weighted by atomic mass is 35.5. The van der Waals surface area contributed by atoms with Crippen LogP contribution in [0, 0.1) is 16.0 Å². The third-order valence-corrected chi connectivity index (χ3v) is 3.60. The van der Waals surface area contributed by atoms with E-state index in [1.54, 1.807) is 0 Å². The zero-order chi connectivity index (χ0) is 14.7. The molecule has 1 aliphatic heterocycles. The van der Waals surface area contributed by atoms with E-state index in [4.69, 9.17) is 17.3 Å². The van der Waals surface area contributed by atoms with Crippen LogP contribution >= 0.6 is 11.6 Å². The predicted octanol–water partition coefficient (Wildman–Crippen LogP) is 1.74. The van der Waals surface area contributed by atoms with Crippen LogP contribution in [0.2, 0.25) is 5.15 Å². The van der Waals surface area contributed by atoms with Gasteiger partial charge in [-0.15, -0.1) is 0 Å². The molecule has 7 nitrogen and oxygen atoms in total. The van der Waals surface area contributed by atoms with Crippen LogP contribution < -0.4 is 10.6 Å². The third-order valence-electron chi connectivity index (χ3n) is 3.40. The Morgan fingerprint density at radius 2 is 2.15 bits per heavy atom. The Balaban J connectivity index is 2.07. The molecule has 8 heteroatoms. The SMILES string of the molecule is NC(=O)CC1CCN(c2cc([N+](=O)[O-])cc(Cl)n2)CC1. The normalized spacial score (nSPS) is 16.1. The van der Waals surface area contributed by atoms with Crippen molar-refractivity contribution in [3.63, 3.8) is 0 Å². The molecule has 0 aliphatic carbocycles. The number of amides is 1. The monoisotopic (exact) mass is 298 g/mol. The Morgan fingerprint density at radius 1 is 1.50 bits per heavy atom. The summed E-state index contributed by atoms with van der Waals surface area (Å²) in [4.78, 5) is 27.3. The maximum Gasteiger partial charge on any atom is 0.276 e. The maximum atomic E-state index is 10.9. The predicted molar refractivity (Wildman–Crippen MR) is 74.6 cm³/mol. The van der Waals surface area contributed by atoms with Gasteiger partial charge in [0.15, 0.2) is 0 Å². The van der Waals surface area contributed by atoms with E-state index in [-0.39, 0.29) is 22.7 Å². The number of piperidine rings is 1. The first-order chi connectivity index (χ1) is 9.45. The number of anilines is 1. The molecule has 1 aliphatic rings. The summed E-state index contributed by atoms with van der Waals surface area (Å²) in [6.07, 6.45) is 2.01. The van der Waals surface area contributed by atoms with Gasteiger partial charge in [0, 0.05) is 19.5 Å². The summed E-state index contributed by atoms with van der Waals surface area (Å²) in [5.74, 6) is 0.486. The summed E-state index contributed by atoms with van der Waals surface area (Å²) in [6.45, 7) is 1.37. The van der Waals surface area contributed by atoms with E-state index < -0.39 is 4.92 Å². The average Bonchev–Trinajstić information content (AvgIpc) is 2.38. The maximum absolute atomic E-state index is 10.9. The van der Waals surface area contributed by atoms with Crippen LogP contribution in [0.15, 0.2) is 12.1 Å². The highest BCUT2D eigenvalue weighted by Gasteiger charge is 2.23. The molecule has 0 aromatic carbocycles. The number of primary amides is 1. The van der Waals surface area contributed by atoms with Crippen LogP contribution in [0.3, 0.4) is 0 Å². The van der Waals surface area contributed by atoms with Crippen molar-refractivity contribution in [1.82, 2.24) is 4.98 Å². The molecule has 2 rings (SSSR count). The number of aromatic nitrogens is 1. The van der Waals surface area contributed by atoms with Crippen molar-refractivity contribution in [2.24, 2.45) is 11.7 Å². The smallest absolute Gasteiger partial charge is 0.276 e. The summed E-state index contributed by atoms with van der Waals surface area (Å²) >= 11 is 5.81. The number of carbonyl (C=O) groups is 1. The molecule has 1 saturated heterocycles. The molecule has 20 heavy (non-hydrogen) atoms. The molecule has 2 N–H and O–H groups in total. The van der Waals surface area contributed by atoms with Crippen molar-refractivity contribution < 1.29 is 9.72 Å². The molecule has 0 bridgehead atoms. The molecular formula is C12H15ClN4O3. The van der Waals surface area contributed by atoms with Gasteiger partial charge < -0.3 is 10.6 Å². The molecule has 0 unspecified atom stereocenters. The minimum atomic E-state index is -0.489. The minimum Gasteiger partial charge on any atom is -0.370 e. The van der Waals surface area contributed by atoms with Gasteiger partial charge in [0.2, 0.25) is 5.91 Å². The molecular weight excluding hydrogens is 284 g/mol. The van der Waals surface area contributed by atoms with Gasteiger partial charge in [-0.25, -0.2) is 4.98 Å². The quantitative estimate of drug-likeness (QED) is 0.518. The lowest BCUT2D eigenvalue weighted by molar-refractivity contribution is -0.384. The summed E-state index contributed by atoms with van der Waals surface area (Å²) in [5.41, 5.74) is 5.11. The summed E-state index contributed by atoms with van der Waals surface area (Å²) in [7, 11) is 0. The number of hydrogen-bond donors (Lipinski definition) is 1. The largest absolute Gasteiger partial charge is 0.370 e. The van der Waals surface area contributed by atoms with Crippen molar-refractivity contribution in [2.45, 2.75) is 19.3 Å². The van der Waals surface area contributed by atoms with E-state index in [1.165, 1.54) is 12.1 Å². The number of nitrogens with zero attached hydrogens (tertiary/aromatic N) is 3. The van der Waals surface area contributed by atoms with E-state index >= 15 is 0 Å². The molecule has 0 saturated carbocycles. The first-order valence-corrected chi connectivity index (χ1v) is 6.68. The van der Waals surface area contributed by atoms with Crippen molar-refractivity contribution in [2.75, 3.05) is 18.0 Å². The van der Waals surface area contributed by atoms with Crippen LogP contribution in [0.5, 0.6) is 0 Å². The molecule has 2 heterocycles. The number of nitrogens with two attached hydrogens (primary N) is 1. The standard InChI is InChI=1S/C12H15ClN4O3/c13-10-6-9(17(19)20)7-12(15-10)16-3-1-8(2-4-16)5-11(14)18/h6-8H,1-5H2,(H2,14,18). The van der Waals surface area contributed by atoms with Crippen molar-refractivity contribution in [1.29, 1.82) is 0 Å². The molecule has 1 aromatic heterocycles.